The van der Waals surface area contributed by atoms with Crippen LogP contribution in [0.25, 0.3) is 0 Å². The lowest BCUT2D eigenvalue weighted by atomic mass is 9.98. The van der Waals surface area contributed by atoms with E-state index in [0.29, 0.717) is 0 Å². The average molecular weight is 170 g/mol. The molecule has 0 aromatic carbocycles. The van der Waals surface area contributed by atoms with E-state index in [4.69, 9.17) is 5.73 Å². The van der Waals surface area contributed by atoms with Crippen LogP contribution in [0.5, 0.6) is 0 Å². The van der Waals surface area contributed by atoms with Crippen molar-refractivity contribution >= 4 is 18.0 Å². The van der Waals surface area contributed by atoms with Crippen LogP contribution in [-0.4, -0.2) is 18.0 Å². The van der Waals surface area contributed by atoms with Crippen LogP contribution in [0.3, 0.4) is 0 Å². The summed E-state index contributed by atoms with van der Waals surface area (Å²) in [5.74, 6) is -0.939. The summed E-state index contributed by atoms with van der Waals surface area (Å²) in [5, 5.41) is 0. The molecule has 4 nitrogen and oxygen atoms in total. The average Bonchev–Trinajstić information content (AvgIpc) is 1.98. The number of carbonyl (C=O) groups excluding carboxylic acids is 2. The lowest BCUT2D eigenvalue weighted by Crippen LogP contribution is -2.18. The zero-order chi connectivity index (χ0) is 9.72. The molecule has 0 fully saturated rings. The lowest BCUT2D eigenvalue weighted by Gasteiger charge is -2.09. The van der Waals surface area contributed by atoms with Gasteiger partial charge in [0.2, 0.25) is 5.91 Å². The van der Waals surface area contributed by atoms with Gasteiger partial charge in [-0.15, -0.1) is 0 Å². The molecule has 0 saturated carbocycles. The first-order chi connectivity index (χ1) is 5.45. The number of carbonyl (C=O) groups is 2. The summed E-state index contributed by atoms with van der Waals surface area (Å²) in [5.41, 5.74) is 4.78. The molecule has 0 spiro atoms. The Balaban J connectivity index is 4.13. The van der Waals surface area contributed by atoms with Gasteiger partial charge in [0, 0.05) is 5.92 Å². The van der Waals surface area contributed by atoms with E-state index >= 15 is 0 Å². The van der Waals surface area contributed by atoms with E-state index in [1.807, 2.05) is 13.8 Å². The SMILES string of the molecule is CC(C)[C@H](C)C(=O)N=CC(N)=O. The second-order valence-corrected chi connectivity index (χ2v) is 3.03. The van der Waals surface area contributed by atoms with Gasteiger partial charge in [0.25, 0.3) is 5.91 Å². The van der Waals surface area contributed by atoms with Gasteiger partial charge in [-0.2, -0.15) is 0 Å². The van der Waals surface area contributed by atoms with Crippen LogP contribution in [0.4, 0.5) is 0 Å². The molecular formula is C8H14N2O2. The molecule has 0 aliphatic carbocycles. The molecule has 2 N–H and O–H groups in total. The molecule has 0 saturated heterocycles. The molecule has 1 atom stereocenters. The van der Waals surface area contributed by atoms with E-state index in [0.717, 1.165) is 6.21 Å². The third-order valence-electron chi connectivity index (χ3n) is 1.71. The normalized spacial score (nSPS) is 13.7. The molecular weight excluding hydrogens is 156 g/mol. The van der Waals surface area contributed by atoms with Crippen molar-refractivity contribution in [2.24, 2.45) is 22.6 Å². The summed E-state index contributed by atoms with van der Waals surface area (Å²) >= 11 is 0. The monoisotopic (exact) mass is 170 g/mol. The molecule has 12 heavy (non-hydrogen) atoms. The molecule has 0 aliphatic rings. The molecule has 0 heterocycles. The first kappa shape index (κ1) is 10.8. The van der Waals surface area contributed by atoms with E-state index in [9.17, 15) is 9.59 Å². The molecule has 0 aromatic heterocycles. The number of hydrogen-bond acceptors (Lipinski definition) is 2. The highest BCUT2D eigenvalue weighted by Gasteiger charge is 2.14. The second-order valence-electron chi connectivity index (χ2n) is 3.03. The van der Waals surface area contributed by atoms with Gasteiger partial charge in [-0.05, 0) is 5.92 Å². The zero-order valence-corrected chi connectivity index (χ0v) is 7.57. The Hall–Kier alpha value is -1.19. The van der Waals surface area contributed by atoms with E-state index in [1.54, 1.807) is 6.92 Å². The molecule has 68 valence electrons. The number of hydrogen-bond donors (Lipinski definition) is 1. The van der Waals surface area contributed by atoms with Crippen LogP contribution in [-0.2, 0) is 9.59 Å². The minimum atomic E-state index is -0.695. The summed E-state index contributed by atoms with van der Waals surface area (Å²) in [6.45, 7) is 5.61. The summed E-state index contributed by atoms with van der Waals surface area (Å²) < 4.78 is 0. The van der Waals surface area contributed by atoms with Crippen molar-refractivity contribution < 1.29 is 9.59 Å². The topological polar surface area (TPSA) is 72.5 Å². The van der Waals surface area contributed by atoms with Crippen molar-refractivity contribution in [3.05, 3.63) is 0 Å². The molecule has 0 rings (SSSR count). The molecule has 0 radical (unpaired) electrons. The number of aliphatic imine (C=N–C) groups is 1. The fourth-order valence-corrected chi connectivity index (χ4v) is 0.530. The van der Waals surface area contributed by atoms with Gasteiger partial charge in [-0.3, -0.25) is 9.59 Å². The maximum Gasteiger partial charge on any atom is 0.259 e. The van der Waals surface area contributed by atoms with E-state index in [1.165, 1.54) is 0 Å². The smallest absolute Gasteiger partial charge is 0.259 e. The van der Waals surface area contributed by atoms with E-state index in [-0.39, 0.29) is 17.7 Å². The third-order valence-corrected chi connectivity index (χ3v) is 1.71. The molecule has 2 amide bonds. The fraction of sp³-hybridized carbons (Fsp3) is 0.625. The highest BCUT2D eigenvalue weighted by molar-refractivity contribution is 6.27. The maximum absolute atomic E-state index is 11.1. The van der Waals surface area contributed by atoms with Crippen LogP contribution in [0, 0.1) is 11.8 Å². The van der Waals surface area contributed by atoms with Gasteiger partial charge in [-0.25, -0.2) is 4.99 Å². The highest BCUT2D eigenvalue weighted by atomic mass is 16.2. The molecule has 0 aliphatic heterocycles. The van der Waals surface area contributed by atoms with Crippen molar-refractivity contribution in [2.75, 3.05) is 0 Å². The summed E-state index contributed by atoms with van der Waals surface area (Å²) in [4.78, 5) is 24.7. The van der Waals surface area contributed by atoms with Gasteiger partial charge in [0.05, 0.1) is 6.21 Å². The van der Waals surface area contributed by atoms with Gasteiger partial charge in [0.1, 0.15) is 0 Å². The number of nitrogens with two attached hydrogens (primary N) is 1. The Labute approximate surface area is 71.9 Å². The zero-order valence-electron chi connectivity index (χ0n) is 7.57. The summed E-state index contributed by atoms with van der Waals surface area (Å²) in [6, 6.07) is 0. The predicted octanol–water partition coefficient (Wildman–Crippen LogP) is 0.361. The van der Waals surface area contributed by atoms with Crippen molar-refractivity contribution in [3.8, 4) is 0 Å². The van der Waals surface area contributed by atoms with Crippen molar-refractivity contribution in [1.29, 1.82) is 0 Å². The largest absolute Gasteiger partial charge is 0.365 e. The highest BCUT2D eigenvalue weighted by Crippen LogP contribution is 2.10. The van der Waals surface area contributed by atoms with Crippen molar-refractivity contribution in [2.45, 2.75) is 20.8 Å². The molecule has 4 heteroatoms. The van der Waals surface area contributed by atoms with E-state index < -0.39 is 5.91 Å². The first-order valence-corrected chi connectivity index (χ1v) is 3.82. The van der Waals surface area contributed by atoms with Crippen molar-refractivity contribution in [3.63, 3.8) is 0 Å². The Morgan fingerprint density at radius 3 is 2.17 bits per heavy atom. The molecule has 0 unspecified atom stereocenters. The Morgan fingerprint density at radius 1 is 1.33 bits per heavy atom. The van der Waals surface area contributed by atoms with Gasteiger partial charge >= 0.3 is 0 Å². The van der Waals surface area contributed by atoms with Crippen LogP contribution in [0.1, 0.15) is 20.8 Å². The van der Waals surface area contributed by atoms with Crippen LogP contribution >= 0.6 is 0 Å². The van der Waals surface area contributed by atoms with Gasteiger partial charge < -0.3 is 5.73 Å². The third kappa shape index (κ3) is 3.85. The Kier molecular flexibility index (Phi) is 4.18. The minimum Gasteiger partial charge on any atom is -0.365 e. The van der Waals surface area contributed by atoms with Crippen LogP contribution in [0.2, 0.25) is 0 Å². The lowest BCUT2D eigenvalue weighted by molar-refractivity contribution is -0.122. The van der Waals surface area contributed by atoms with E-state index in [2.05, 4.69) is 4.99 Å². The van der Waals surface area contributed by atoms with Crippen LogP contribution in [0.15, 0.2) is 4.99 Å². The maximum atomic E-state index is 11.1. The van der Waals surface area contributed by atoms with Crippen LogP contribution < -0.4 is 5.73 Å². The fourth-order valence-electron chi connectivity index (χ4n) is 0.530. The summed E-state index contributed by atoms with van der Waals surface area (Å²) in [7, 11) is 0. The number of primary amides is 1. The minimum absolute atomic E-state index is 0.166. The Morgan fingerprint density at radius 2 is 1.83 bits per heavy atom. The second kappa shape index (κ2) is 4.64. The standard InChI is InChI=1S/C8H14N2O2/c1-5(2)6(3)8(12)10-4-7(9)11/h4-6H,1-3H3,(H2,9,11)/t6-/m0/s1. The summed E-state index contributed by atoms with van der Waals surface area (Å²) in [6.07, 6.45) is 0.848. The van der Waals surface area contributed by atoms with Crippen molar-refractivity contribution in [1.82, 2.24) is 0 Å². The molecule has 0 bridgehead atoms. The first-order valence-electron chi connectivity index (χ1n) is 3.82. The molecule has 0 aromatic rings. The predicted molar refractivity (Wildman–Crippen MR) is 46.7 cm³/mol. The number of rotatable bonds is 3. The number of nitrogens with zero attached hydrogens (tertiary/aromatic N) is 1. The Bertz CT molecular complexity index is 209. The number of amides is 2. The van der Waals surface area contributed by atoms with Gasteiger partial charge in [-0.1, -0.05) is 20.8 Å². The quantitative estimate of drug-likeness (QED) is 0.621. The van der Waals surface area contributed by atoms with Gasteiger partial charge in [0.15, 0.2) is 0 Å².